The quantitative estimate of drug-likeness (QED) is 0.420. The Morgan fingerprint density at radius 2 is 2.21 bits per heavy atom. The van der Waals surface area contributed by atoms with Gasteiger partial charge in [0, 0.05) is 11.6 Å². The number of hydroxylamine groups is 1. The molecule has 0 radical (unpaired) electrons. The van der Waals surface area contributed by atoms with Crippen molar-refractivity contribution in [2.24, 2.45) is 0 Å². The van der Waals surface area contributed by atoms with Crippen LogP contribution < -0.4 is 5.48 Å². The van der Waals surface area contributed by atoms with Crippen LogP contribution in [0.25, 0.3) is 0 Å². The molecule has 0 saturated carbocycles. The van der Waals surface area contributed by atoms with Gasteiger partial charge in [-0.05, 0) is 12.1 Å². The summed E-state index contributed by atoms with van der Waals surface area (Å²) in [6, 6.07) is 2.54. The van der Waals surface area contributed by atoms with Crippen molar-refractivity contribution < 1.29 is 19.3 Å². The molecule has 0 aliphatic rings. The molecule has 14 heavy (non-hydrogen) atoms. The smallest absolute Gasteiger partial charge is 0.288 e. The van der Waals surface area contributed by atoms with Crippen molar-refractivity contribution in [3.05, 3.63) is 39.7 Å². The molecule has 1 aromatic carbocycles. The van der Waals surface area contributed by atoms with Crippen LogP contribution in [0.2, 0.25) is 0 Å². The molecule has 0 unspecified atom stereocenters. The normalized spacial score (nSPS) is 9.57. The Bertz CT molecular complexity index is 393. The molecule has 0 aliphatic carbocycles. The average molecular weight is 200 g/mol. The van der Waals surface area contributed by atoms with Crippen molar-refractivity contribution in [3.63, 3.8) is 0 Å². The summed E-state index contributed by atoms with van der Waals surface area (Å²) in [5.41, 5.74) is 0.275. The first-order chi connectivity index (χ1) is 6.56. The Kier molecular flexibility index (Phi) is 2.73. The van der Waals surface area contributed by atoms with Gasteiger partial charge >= 0.3 is 5.69 Å². The average Bonchev–Trinajstić information content (AvgIpc) is 2.17. The monoisotopic (exact) mass is 200 g/mol. The van der Waals surface area contributed by atoms with Gasteiger partial charge in [-0.1, -0.05) is 0 Å². The molecule has 0 saturated heterocycles. The molecule has 0 aliphatic heterocycles. The van der Waals surface area contributed by atoms with E-state index in [0.717, 1.165) is 18.2 Å². The maximum atomic E-state index is 12.8. The van der Waals surface area contributed by atoms with Crippen molar-refractivity contribution in [3.8, 4) is 0 Å². The highest BCUT2D eigenvalue weighted by atomic mass is 19.1. The van der Waals surface area contributed by atoms with Gasteiger partial charge in [-0.25, -0.2) is 5.48 Å². The summed E-state index contributed by atoms with van der Waals surface area (Å²) in [4.78, 5) is 20.1. The third-order valence-corrected chi connectivity index (χ3v) is 1.51. The van der Waals surface area contributed by atoms with Gasteiger partial charge in [0.05, 0.1) is 4.92 Å². The molecule has 7 heteroatoms. The van der Waals surface area contributed by atoms with Crippen LogP contribution in [0.3, 0.4) is 0 Å². The third kappa shape index (κ3) is 1.83. The number of carbonyl (C=O) groups is 1. The molecule has 0 atom stereocenters. The standard InChI is InChI=1S/C7H5FN2O4/c8-5-2-1-4(7(11)9-12)3-6(5)10(13)14/h1-3,12H,(H,9,11). The van der Waals surface area contributed by atoms with Gasteiger partial charge in [0.1, 0.15) is 0 Å². The van der Waals surface area contributed by atoms with Crippen molar-refractivity contribution in [1.29, 1.82) is 0 Å². The number of hydrogen-bond acceptors (Lipinski definition) is 4. The summed E-state index contributed by atoms with van der Waals surface area (Å²) in [7, 11) is 0. The molecule has 1 amide bonds. The predicted molar refractivity (Wildman–Crippen MR) is 42.3 cm³/mol. The van der Waals surface area contributed by atoms with E-state index in [1.54, 1.807) is 0 Å². The second-order valence-corrected chi connectivity index (χ2v) is 2.36. The maximum absolute atomic E-state index is 12.8. The molecule has 0 heterocycles. The van der Waals surface area contributed by atoms with Crippen molar-refractivity contribution in [2.45, 2.75) is 0 Å². The lowest BCUT2D eigenvalue weighted by Crippen LogP contribution is -2.18. The van der Waals surface area contributed by atoms with E-state index in [0.29, 0.717) is 0 Å². The van der Waals surface area contributed by atoms with Crippen LogP contribution in [-0.4, -0.2) is 16.0 Å². The highest BCUT2D eigenvalue weighted by molar-refractivity contribution is 5.93. The molecule has 2 N–H and O–H groups in total. The van der Waals surface area contributed by atoms with Crippen molar-refractivity contribution >= 4 is 11.6 Å². The Morgan fingerprint density at radius 1 is 1.57 bits per heavy atom. The van der Waals surface area contributed by atoms with Gasteiger partial charge in [0.2, 0.25) is 5.82 Å². The van der Waals surface area contributed by atoms with Gasteiger partial charge in [-0.3, -0.25) is 20.1 Å². The fourth-order valence-electron chi connectivity index (χ4n) is 0.858. The minimum absolute atomic E-state index is 0.194. The lowest BCUT2D eigenvalue weighted by atomic mass is 10.2. The van der Waals surface area contributed by atoms with Crippen LogP contribution in [0, 0.1) is 15.9 Å². The Balaban J connectivity index is 3.19. The van der Waals surface area contributed by atoms with E-state index in [-0.39, 0.29) is 5.56 Å². The minimum atomic E-state index is -1.04. The number of carbonyl (C=O) groups excluding carboxylic acids is 1. The van der Waals surface area contributed by atoms with Crippen LogP contribution in [0.5, 0.6) is 0 Å². The van der Waals surface area contributed by atoms with Crippen LogP contribution >= 0.6 is 0 Å². The van der Waals surface area contributed by atoms with E-state index in [2.05, 4.69) is 0 Å². The summed E-state index contributed by atoms with van der Waals surface area (Å²) in [5, 5.41) is 18.5. The summed E-state index contributed by atoms with van der Waals surface area (Å²) in [6.07, 6.45) is 0. The second kappa shape index (κ2) is 3.79. The van der Waals surface area contributed by atoms with E-state index in [1.807, 2.05) is 0 Å². The van der Waals surface area contributed by atoms with Crippen molar-refractivity contribution in [1.82, 2.24) is 5.48 Å². The number of nitro benzene ring substituents is 1. The third-order valence-electron chi connectivity index (χ3n) is 1.51. The molecule has 0 bridgehead atoms. The van der Waals surface area contributed by atoms with Crippen LogP contribution in [0.15, 0.2) is 18.2 Å². The first kappa shape index (κ1) is 10.1. The first-order valence-electron chi connectivity index (χ1n) is 3.44. The number of amides is 1. The first-order valence-corrected chi connectivity index (χ1v) is 3.44. The number of hydrogen-bond donors (Lipinski definition) is 2. The molecule has 0 spiro atoms. The van der Waals surface area contributed by atoms with Gasteiger partial charge in [-0.15, -0.1) is 0 Å². The largest absolute Gasteiger partial charge is 0.305 e. The lowest BCUT2D eigenvalue weighted by Gasteiger charge is -1.98. The number of nitrogens with zero attached hydrogens (tertiary/aromatic N) is 1. The zero-order valence-corrected chi connectivity index (χ0v) is 6.73. The van der Waals surface area contributed by atoms with Gasteiger partial charge in [0.25, 0.3) is 5.91 Å². The summed E-state index contributed by atoms with van der Waals surface area (Å²) in [6.45, 7) is 0. The summed E-state index contributed by atoms with van der Waals surface area (Å²) < 4.78 is 12.8. The lowest BCUT2D eigenvalue weighted by molar-refractivity contribution is -0.387. The fourth-order valence-corrected chi connectivity index (χ4v) is 0.858. The number of rotatable bonds is 2. The van der Waals surface area contributed by atoms with Crippen LogP contribution in [0.1, 0.15) is 10.4 Å². The molecule has 1 aromatic rings. The van der Waals surface area contributed by atoms with Gasteiger partial charge in [-0.2, -0.15) is 4.39 Å². The predicted octanol–water partition coefficient (Wildman–Crippen LogP) is 0.853. The van der Waals surface area contributed by atoms with Crippen LogP contribution in [-0.2, 0) is 0 Å². The molecular formula is C7H5FN2O4. The number of nitro groups is 1. The molecule has 6 nitrogen and oxygen atoms in total. The summed E-state index contributed by atoms with van der Waals surface area (Å²) >= 11 is 0. The Labute approximate surface area is 77.1 Å². The summed E-state index contributed by atoms with van der Waals surface area (Å²) in [5.74, 6) is -1.97. The van der Waals surface area contributed by atoms with Crippen molar-refractivity contribution in [2.75, 3.05) is 0 Å². The van der Waals surface area contributed by atoms with E-state index in [9.17, 15) is 19.3 Å². The fraction of sp³-hybridized carbons (Fsp3) is 0. The molecule has 0 aromatic heterocycles. The minimum Gasteiger partial charge on any atom is -0.288 e. The van der Waals surface area contributed by atoms with Crippen LogP contribution in [0.4, 0.5) is 10.1 Å². The molecule has 0 fully saturated rings. The molecular weight excluding hydrogens is 195 g/mol. The van der Waals surface area contributed by atoms with E-state index < -0.39 is 22.3 Å². The zero-order valence-electron chi connectivity index (χ0n) is 6.73. The van der Waals surface area contributed by atoms with E-state index >= 15 is 0 Å². The van der Waals surface area contributed by atoms with E-state index in [1.165, 1.54) is 5.48 Å². The number of nitrogens with one attached hydrogen (secondary N) is 1. The Morgan fingerprint density at radius 3 is 2.71 bits per heavy atom. The zero-order chi connectivity index (χ0) is 10.7. The SMILES string of the molecule is O=C(NO)c1ccc(F)c([N+](=O)[O-])c1. The van der Waals surface area contributed by atoms with Gasteiger partial charge < -0.3 is 0 Å². The Hall–Kier alpha value is -2.02. The number of halogens is 1. The molecule has 74 valence electrons. The maximum Gasteiger partial charge on any atom is 0.305 e. The molecule has 1 rings (SSSR count). The van der Waals surface area contributed by atoms with Gasteiger partial charge in [0.15, 0.2) is 0 Å². The second-order valence-electron chi connectivity index (χ2n) is 2.36. The number of benzene rings is 1. The topological polar surface area (TPSA) is 92.5 Å². The highest BCUT2D eigenvalue weighted by Gasteiger charge is 2.16. The van der Waals surface area contributed by atoms with E-state index in [4.69, 9.17) is 5.21 Å². The highest BCUT2D eigenvalue weighted by Crippen LogP contribution is 2.18.